The maximum absolute atomic E-state index is 13.1. The molecule has 0 fully saturated rings. The van der Waals surface area contributed by atoms with Gasteiger partial charge in [0, 0.05) is 12.1 Å². The van der Waals surface area contributed by atoms with E-state index in [-0.39, 0.29) is 22.9 Å². The van der Waals surface area contributed by atoms with E-state index in [0.717, 1.165) is 10.4 Å². The maximum atomic E-state index is 13.1. The fourth-order valence-electron chi connectivity index (χ4n) is 2.32. The molecule has 0 aliphatic rings. The van der Waals surface area contributed by atoms with Crippen LogP contribution in [0.25, 0.3) is 0 Å². The Morgan fingerprint density at radius 2 is 1.85 bits per heavy atom. The molecule has 0 atom stereocenters. The molecule has 0 unspecified atom stereocenters. The van der Waals surface area contributed by atoms with Gasteiger partial charge < -0.3 is 4.74 Å². The van der Waals surface area contributed by atoms with Crippen molar-refractivity contribution in [1.29, 1.82) is 0 Å². The van der Waals surface area contributed by atoms with Crippen LogP contribution in [-0.2, 0) is 19.6 Å². The van der Waals surface area contributed by atoms with E-state index in [9.17, 15) is 23.3 Å². The quantitative estimate of drug-likeness (QED) is 0.416. The molecular weight excluding hydrogens is 360 g/mol. The van der Waals surface area contributed by atoms with Crippen LogP contribution < -0.4 is 4.31 Å². The fourth-order valence-corrected chi connectivity index (χ4v) is 3.81. The normalized spacial score (nSPS) is 11.0. The van der Waals surface area contributed by atoms with Crippen LogP contribution in [0.3, 0.4) is 0 Å². The van der Waals surface area contributed by atoms with Crippen molar-refractivity contribution in [3.63, 3.8) is 0 Å². The van der Waals surface area contributed by atoms with Crippen molar-refractivity contribution in [2.24, 2.45) is 0 Å². The molecule has 0 spiro atoms. The summed E-state index contributed by atoms with van der Waals surface area (Å²) in [5, 5.41) is 11.1. The Hall–Kier alpha value is -2.94. The Bertz CT molecular complexity index is 912. The lowest BCUT2D eigenvalue weighted by Gasteiger charge is -2.25. The molecule has 26 heavy (non-hydrogen) atoms. The van der Waals surface area contributed by atoms with E-state index in [2.05, 4.69) is 0 Å². The number of sulfonamides is 1. The van der Waals surface area contributed by atoms with Crippen molar-refractivity contribution >= 4 is 27.4 Å². The van der Waals surface area contributed by atoms with E-state index >= 15 is 0 Å². The van der Waals surface area contributed by atoms with Crippen molar-refractivity contribution in [3.05, 3.63) is 64.2 Å². The lowest BCUT2D eigenvalue weighted by Crippen LogP contribution is -2.37. The molecule has 0 aromatic heterocycles. The summed E-state index contributed by atoms with van der Waals surface area (Å²) in [7, 11) is -4.12. The molecule has 0 aliphatic heterocycles. The summed E-state index contributed by atoms with van der Waals surface area (Å²) in [5.41, 5.74) is 0.248. The lowest BCUT2D eigenvalue weighted by molar-refractivity contribution is -0.384. The molecule has 0 saturated carbocycles. The van der Waals surface area contributed by atoms with Crippen LogP contribution in [0.2, 0.25) is 0 Å². The number of non-ortho nitro benzene ring substituents is 1. The van der Waals surface area contributed by atoms with Gasteiger partial charge >= 0.3 is 5.97 Å². The summed E-state index contributed by atoms with van der Waals surface area (Å²) in [5.74, 6) is -0.752. The van der Waals surface area contributed by atoms with Crippen molar-refractivity contribution in [2.45, 2.75) is 18.7 Å². The molecule has 0 saturated heterocycles. The number of nitro groups is 1. The van der Waals surface area contributed by atoms with Gasteiger partial charge in [-0.2, -0.15) is 0 Å². The second-order valence-electron chi connectivity index (χ2n) is 5.36. The van der Waals surface area contributed by atoms with Crippen LogP contribution in [0, 0.1) is 17.0 Å². The zero-order valence-corrected chi connectivity index (χ0v) is 15.1. The standard InChI is InChI=1S/C17H18N2O6S/c1-3-25-17(20)12-18(26(23,24)15-7-5-4-6-8-15)16-11-14(19(21)22)10-9-13(16)2/h4-11H,3,12H2,1-2H3. The Morgan fingerprint density at radius 3 is 2.42 bits per heavy atom. The minimum absolute atomic E-state index is 0.0322. The van der Waals surface area contributed by atoms with Gasteiger partial charge in [-0.3, -0.25) is 19.2 Å². The Kier molecular flexibility index (Phi) is 5.93. The highest BCUT2D eigenvalue weighted by atomic mass is 32.2. The molecule has 0 heterocycles. The number of rotatable bonds is 7. The first-order valence-electron chi connectivity index (χ1n) is 7.75. The van der Waals surface area contributed by atoms with Crippen molar-refractivity contribution < 1.29 is 22.9 Å². The Labute approximate surface area is 151 Å². The van der Waals surface area contributed by atoms with Gasteiger partial charge in [-0.1, -0.05) is 24.3 Å². The number of nitro benzene ring substituents is 1. The van der Waals surface area contributed by atoms with E-state index in [1.165, 1.54) is 24.3 Å². The Balaban J connectivity index is 2.60. The largest absolute Gasteiger partial charge is 0.465 e. The molecule has 0 aliphatic carbocycles. The molecule has 2 aromatic rings. The number of hydrogen-bond acceptors (Lipinski definition) is 6. The maximum Gasteiger partial charge on any atom is 0.326 e. The number of ether oxygens (including phenoxy) is 1. The average Bonchev–Trinajstić information content (AvgIpc) is 2.61. The molecule has 0 N–H and O–H groups in total. The number of aryl methyl sites for hydroxylation is 1. The minimum Gasteiger partial charge on any atom is -0.465 e. The SMILES string of the molecule is CCOC(=O)CN(c1cc([N+](=O)[O-])ccc1C)S(=O)(=O)c1ccccc1. The smallest absolute Gasteiger partial charge is 0.326 e. The van der Waals surface area contributed by atoms with E-state index < -0.39 is 27.5 Å². The van der Waals surface area contributed by atoms with Crippen LogP contribution in [0.4, 0.5) is 11.4 Å². The monoisotopic (exact) mass is 378 g/mol. The summed E-state index contributed by atoms with van der Waals surface area (Å²) in [6.45, 7) is 2.71. The first-order valence-corrected chi connectivity index (χ1v) is 9.19. The summed E-state index contributed by atoms with van der Waals surface area (Å²) in [4.78, 5) is 22.4. The van der Waals surface area contributed by atoms with Gasteiger partial charge in [-0.15, -0.1) is 0 Å². The average molecular weight is 378 g/mol. The number of carbonyl (C=O) groups excluding carboxylic acids is 1. The molecule has 2 aromatic carbocycles. The fraction of sp³-hybridized carbons (Fsp3) is 0.235. The zero-order valence-electron chi connectivity index (χ0n) is 14.3. The Morgan fingerprint density at radius 1 is 1.19 bits per heavy atom. The topological polar surface area (TPSA) is 107 Å². The van der Waals surface area contributed by atoms with E-state index in [1.807, 2.05) is 0 Å². The lowest BCUT2D eigenvalue weighted by atomic mass is 10.2. The second kappa shape index (κ2) is 7.96. The predicted molar refractivity (Wildman–Crippen MR) is 95.4 cm³/mol. The third-order valence-corrected chi connectivity index (χ3v) is 5.36. The van der Waals surface area contributed by atoms with Crippen LogP contribution in [0.15, 0.2) is 53.4 Å². The van der Waals surface area contributed by atoms with Gasteiger partial charge in [0.2, 0.25) is 0 Å². The first-order chi connectivity index (χ1) is 12.3. The van der Waals surface area contributed by atoms with Gasteiger partial charge in [0.1, 0.15) is 6.54 Å². The van der Waals surface area contributed by atoms with Crippen LogP contribution in [-0.4, -0.2) is 32.5 Å². The molecule has 0 amide bonds. The number of nitrogens with zero attached hydrogens (tertiary/aromatic N) is 2. The van der Waals surface area contributed by atoms with Gasteiger partial charge in [0.25, 0.3) is 15.7 Å². The van der Waals surface area contributed by atoms with Crippen molar-refractivity contribution in [1.82, 2.24) is 0 Å². The number of hydrogen-bond donors (Lipinski definition) is 0. The highest BCUT2D eigenvalue weighted by molar-refractivity contribution is 7.92. The van der Waals surface area contributed by atoms with Crippen LogP contribution in [0.5, 0.6) is 0 Å². The molecule has 9 heteroatoms. The molecule has 0 bridgehead atoms. The van der Waals surface area contributed by atoms with Crippen LogP contribution >= 0.6 is 0 Å². The second-order valence-corrected chi connectivity index (χ2v) is 7.22. The summed E-state index contributed by atoms with van der Waals surface area (Å²) in [6.07, 6.45) is 0. The van der Waals surface area contributed by atoms with Gasteiger partial charge in [-0.05, 0) is 31.5 Å². The zero-order chi connectivity index (χ0) is 19.3. The number of anilines is 1. The number of benzene rings is 2. The molecule has 0 radical (unpaired) electrons. The highest BCUT2D eigenvalue weighted by Crippen LogP contribution is 2.30. The highest BCUT2D eigenvalue weighted by Gasteiger charge is 2.29. The predicted octanol–water partition coefficient (Wildman–Crippen LogP) is 2.66. The first kappa shape index (κ1) is 19.4. The minimum atomic E-state index is -4.12. The third kappa shape index (κ3) is 4.17. The van der Waals surface area contributed by atoms with Crippen molar-refractivity contribution in [2.75, 3.05) is 17.5 Å². The molecule has 8 nitrogen and oxygen atoms in total. The van der Waals surface area contributed by atoms with Gasteiger partial charge in [-0.25, -0.2) is 8.42 Å². The van der Waals surface area contributed by atoms with Gasteiger partial charge in [0.05, 0.1) is 22.1 Å². The summed E-state index contributed by atoms with van der Waals surface area (Å²) < 4.78 is 31.8. The van der Waals surface area contributed by atoms with Gasteiger partial charge in [0.15, 0.2) is 0 Å². The number of carbonyl (C=O) groups is 1. The third-order valence-electron chi connectivity index (χ3n) is 3.58. The van der Waals surface area contributed by atoms with Crippen LogP contribution in [0.1, 0.15) is 12.5 Å². The molecule has 138 valence electrons. The molecular formula is C17H18N2O6S. The summed E-state index contributed by atoms with van der Waals surface area (Å²) in [6, 6.07) is 11.4. The van der Waals surface area contributed by atoms with E-state index in [1.54, 1.807) is 32.0 Å². The molecule has 2 rings (SSSR count). The number of esters is 1. The van der Waals surface area contributed by atoms with E-state index in [4.69, 9.17) is 4.74 Å². The van der Waals surface area contributed by atoms with Crippen molar-refractivity contribution in [3.8, 4) is 0 Å². The summed E-state index contributed by atoms with van der Waals surface area (Å²) >= 11 is 0. The van der Waals surface area contributed by atoms with E-state index in [0.29, 0.717) is 5.56 Å².